The lowest BCUT2D eigenvalue weighted by Crippen LogP contribution is -2.48. The summed E-state index contributed by atoms with van der Waals surface area (Å²) in [7, 11) is 1.87. The predicted molar refractivity (Wildman–Crippen MR) is 128 cm³/mol. The molecule has 0 bridgehead atoms. The summed E-state index contributed by atoms with van der Waals surface area (Å²) in [6.07, 6.45) is 10.6. The Balaban J connectivity index is 1.23. The highest BCUT2D eigenvalue weighted by molar-refractivity contribution is 6.36. The number of anilines is 2. The summed E-state index contributed by atoms with van der Waals surface area (Å²) < 4.78 is 18.0. The summed E-state index contributed by atoms with van der Waals surface area (Å²) in [5.74, 6) is 2.21. The molecule has 1 saturated carbocycles. The highest BCUT2D eigenvalue weighted by Crippen LogP contribution is 2.46. The second-order valence-corrected chi connectivity index (χ2v) is 9.79. The highest BCUT2D eigenvalue weighted by atomic mass is 35.5. The van der Waals surface area contributed by atoms with Crippen molar-refractivity contribution >= 4 is 40.0 Å². The number of aryl methyl sites for hydroxylation is 1. The normalized spacial score (nSPS) is 20.5. The lowest BCUT2D eigenvalue weighted by Gasteiger charge is -2.47. The molecule has 1 N–H and O–H groups in total. The fourth-order valence-electron chi connectivity index (χ4n) is 4.89. The van der Waals surface area contributed by atoms with Crippen LogP contribution in [0.1, 0.15) is 38.4 Å². The van der Waals surface area contributed by atoms with Crippen molar-refractivity contribution in [2.75, 3.05) is 5.32 Å². The van der Waals surface area contributed by atoms with Crippen molar-refractivity contribution in [1.82, 2.24) is 38.9 Å². The van der Waals surface area contributed by atoms with Gasteiger partial charge in [-0.1, -0.05) is 11.6 Å². The zero-order chi connectivity index (χ0) is 23.9. The van der Waals surface area contributed by atoms with E-state index in [1.54, 1.807) is 35.5 Å². The maximum absolute atomic E-state index is 6.76. The Bertz CT molecular complexity index is 1620. The molecule has 0 radical (unpaired) electrons. The molecule has 5 aromatic heterocycles. The van der Waals surface area contributed by atoms with Crippen molar-refractivity contribution in [3.63, 3.8) is 0 Å². The third kappa shape index (κ3) is 3.04. The Morgan fingerprint density at radius 2 is 2.09 bits per heavy atom. The lowest BCUT2D eigenvalue weighted by atomic mass is 9.85. The minimum Gasteiger partial charge on any atom is -0.450 e. The SMILES string of the molecule is Cn1c(Nc2cc3n(n2)[C@@H]2CC[C@@H]2OC3(C)C)nc2ncc(Oc3cnn4ccncc34)c(Cl)c21. The first-order valence-corrected chi connectivity index (χ1v) is 11.8. The largest absolute Gasteiger partial charge is 0.450 e. The van der Waals surface area contributed by atoms with Gasteiger partial charge in [0.1, 0.15) is 21.7 Å². The molecule has 7 rings (SSSR count). The fourth-order valence-corrected chi connectivity index (χ4v) is 5.18. The molecule has 0 aromatic carbocycles. The fraction of sp³-hybridized carbons (Fsp3) is 0.348. The molecule has 1 aliphatic heterocycles. The van der Waals surface area contributed by atoms with Crippen LogP contribution in [0.2, 0.25) is 5.02 Å². The van der Waals surface area contributed by atoms with Crippen molar-refractivity contribution in [1.29, 1.82) is 0 Å². The van der Waals surface area contributed by atoms with Crippen molar-refractivity contribution < 1.29 is 9.47 Å². The van der Waals surface area contributed by atoms with Crippen molar-refractivity contribution in [2.24, 2.45) is 7.05 Å². The predicted octanol–water partition coefficient (Wildman–Crippen LogP) is 4.37. The van der Waals surface area contributed by atoms with E-state index in [1.807, 2.05) is 17.7 Å². The van der Waals surface area contributed by atoms with Gasteiger partial charge in [-0.3, -0.25) is 9.67 Å². The zero-order valence-electron chi connectivity index (χ0n) is 19.3. The van der Waals surface area contributed by atoms with E-state index in [-0.39, 0.29) is 6.10 Å². The molecule has 178 valence electrons. The van der Waals surface area contributed by atoms with Gasteiger partial charge in [0.05, 0.1) is 36.4 Å². The Morgan fingerprint density at radius 1 is 1.20 bits per heavy atom. The third-order valence-electron chi connectivity index (χ3n) is 6.84. The minimum absolute atomic E-state index is 0.228. The molecule has 0 saturated heterocycles. The summed E-state index contributed by atoms with van der Waals surface area (Å²) in [4.78, 5) is 13.3. The molecular formula is C23H22ClN9O2. The summed E-state index contributed by atoms with van der Waals surface area (Å²) in [6.45, 7) is 4.16. The van der Waals surface area contributed by atoms with Gasteiger partial charge >= 0.3 is 0 Å². The average molecular weight is 492 g/mol. The number of hydrogen-bond donors (Lipinski definition) is 1. The van der Waals surface area contributed by atoms with Gasteiger partial charge in [-0.25, -0.2) is 9.50 Å². The number of ether oxygens (including phenoxy) is 2. The van der Waals surface area contributed by atoms with Crippen LogP contribution in [0.3, 0.4) is 0 Å². The van der Waals surface area contributed by atoms with Gasteiger partial charge in [0.15, 0.2) is 23.0 Å². The van der Waals surface area contributed by atoms with E-state index in [4.69, 9.17) is 26.2 Å². The minimum atomic E-state index is -0.397. The maximum atomic E-state index is 6.76. The van der Waals surface area contributed by atoms with Crippen LogP contribution < -0.4 is 10.1 Å². The quantitative estimate of drug-likeness (QED) is 0.395. The van der Waals surface area contributed by atoms with Crippen molar-refractivity contribution in [3.8, 4) is 11.5 Å². The molecule has 1 aliphatic carbocycles. The first-order valence-electron chi connectivity index (χ1n) is 11.4. The summed E-state index contributed by atoms with van der Waals surface area (Å²) in [6, 6.07) is 2.32. The standard InChI is InChI=1S/C23H22ClN9O2/c1-23(2)17-8-18(30-33(17)12-4-5-14(12)35-23)28-22-29-21-20(31(22)3)19(24)16(10-26-21)34-15-11-27-32-7-6-25-9-13(15)32/h6-12,14H,4-5H2,1-3H3,(H,26,28,29,30)/t12-,14+/m1/s1. The van der Waals surface area contributed by atoms with Crippen LogP contribution in [-0.4, -0.2) is 45.0 Å². The number of halogens is 1. The smallest absolute Gasteiger partial charge is 0.210 e. The van der Waals surface area contributed by atoms with E-state index in [0.29, 0.717) is 45.5 Å². The summed E-state index contributed by atoms with van der Waals surface area (Å²) >= 11 is 6.76. The average Bonchev–Trinajstić information content (AvgIpc) is 3.50. The van der Waals surface area contributed by atoms with Gasteiger partial charge in [0, 0.05) is 25.5 Å². The molecule has 6 heterocycles. The lowest BCUT2D eigenvalue weighted by molar-refractivity contribution is -0.163. The number of rotatable bonds is 4. The van der Waals surface area contributed by atoms with Crippen LogP contribution in [0.5, 0.6) is 11.5 Å². The summed E-state index contributed by atoms with van der Waals surface area (Å²) in [5.41, 5.74) is 2.52. The van der Waals surface area contributed by atoms with Crippen LogP contribution in [0.25, 0.3) is 16.7 Å². The van der Waals surface area contributed by atoms with E-state index in [9.17, 15) is 0 Å². The molecule has 0 unspecified atom stereocenters. The van der Waals surface area contributed by atoms with Gasteiger partial charge < -0.3 is 19.4 Å². The molecular weight excluding hydrogens is 470 g/mol. The highest BCUT2D eigenvalue weighted by Gasteiger charge is 2.46. The number of nitrogens with zero attached hydrogens (tertiary/aromatic N) is 8. The Kier molecular flexibility index (Phi) is 4.22. The van der Waals surface area contributed by atoms with Crippen LogP contribution in [-0.2, 0) is 17.4 Å². The Labute approximate surface area is 204 Å². The van der Waals surface area contributed by atoms with E-state index < -0.39 is 5.60 Å². The first kappa shape index (κ1) is 20.7. The number of hydrogen-bond acceptors (Lipinski definition) is 8. The molecule has 12 heteroatoms. The molecule has 5 aromatic rings. The number of pyridine rings is 1. The molecule has 2 aliphatic rings. The monoisotopic (exact) mass is 491 g/mol. The molecule has 2 atom stereocenters. The molecule has 35 heavy (non-hydrogen) atoms. The van der Waals surface area contributed by atoms with Gasteiger partial charge in [-0.05, 0) is 26.7 Å². The zero-order valence-corrected chi connectivity index (χ0v) is 20.1. The molecule has 0 amide bonds. The van der Waals surface area contributed by atoms with Gasteiger partial charge in [-0.15, -0.1) is 0 Å². The van der Waals surface area contributed by atoms with Gasteiger partial charge in [0.2, 0.25) is 5.95 Å². The van der Waals surface area contributed by atoms with E-state index in [0.717, 1.165) is 24.1 Å². The summed E-state index contributed by atoms with van der Waals surface area (Å²) in [5, 5.41) is 12.8. The first-order chi connectivity index (χ1) is 16.9. The van der Waals surface area contributed by atoms with Gasteiger partial charge in [-0.2, -0.15) is 15.2 Å². The number of fused-ring (bicyclic) bond motifs is 5. The van der Waals surface area contributed by atoms with Crippen molar-refractivity contribution in [3.05, 3.63) is 47.8 Å². The second kappa shape index (κ2) is 7.15. The van der Waals surface area contributed by atoms with Crippen LogP contribution in [0.15, 0.2) is 37.1 Å². The van der Waals surface area contributed by atoms with E-state index in [2.05, 4.69) is 43.9 Å². The number of imidazole rings is 1. The number of nitrogens with one attached hydrogen (secondary N) is 1. The molecule has 11 nitrogen and oxygen atoms in total. The van der Waals surface area contributed by atoms with Crippen LogP contribution in [0, 0.1) is 0 Å². The third-order valence-corrected chi connectivity index (χ3v) is 7.21. The van der Waals surface area contributed by atoms with E-state index >= 15 is 0 Å². The molecule has 1 fully saturated rings. The maximum Gasteiger partial charge on any atom is 0.210 e. The van der Waals surface area contributed by atoms with Crippen LogP contribution >= 0.6 is 11.6 Å². The van der Waals surface area contributed by atoms with E-state index in [1.165, 1.54) is 0 Å². The van der Waals surface area contributed by atoms with Crippen LogP contribution in [0.4, 0.5) is 11.8 Å². The Morgan fingerprint density at radius 3 is 2.91 bits per heavy atom. The number of aromatic nitrogens is 8. The topological polar surface area (TPSA) is 109 Å². The van der Waals surface area contributed by atoms with Crippen molar-refractivity contribution in [2.45, 2.75) is 44.4 Å². The molecule has 0 spiro atoms. The Hall–Kier alpha value is -3.70. The second-order valence-electron chi connectivity index (χ2n) is 9.42. The van der Waals surface area contributed by atoms with Gasteiger partial charge in [0.25, 0.3) is 0 Å².